The van der Waals surface area contributed by atoms with Gasteiger partial charge in [0.15, 0.2) is 21.9 Å². The van der Waals surface area contributed by atoms with Crippen LogP contribution in [0.25, 0.3) is 22.2 Å². The molecule has 0 N–H and O–H groups in total. The molecule has 0 radical (unpaired) electrons. The summed E-state index contributed by atoms with van der Waals surface area (Å²) in [7, 11) is 0. The maximum atomic E-state index is 13.8. The summed E-state index contributed by atoms with van der Waals surface area (Å²) in [6, 6.07) is 9.66. The Morgan fingerprint density at radius 1 is 0.800 bits per heavy atom. The van der Waals surface area contributed by atoms with Crippen LogP contribution >= 0.6 is 23.2 Å². The molecule has 1 aromatic heterocycles. The lowest BCUT2D eigenvalue weighted by Gasteiger charge is -2.07. The molecule has 0 fully saturated rings. The Hall–Kier alpha value is -1.78. The highest BCUT2D eigenvalue weighted by Gasteiger charge is 2.15. The van der Waals surface area contributed by atoms with Crippen LogP contribution in [0.15, 0.2) is 36.4 Å². The number of aromatic nitrogens is 2. The van der Waals surface area contributed by atoms with E-state index in [1.807, 2.05) is 0 Å². The number of fused-ring (bicyclic) bond motifs is 1. The second-order valence-electron chi connectivity index (χ2n) is 4.08. The SMILES string of the molecule is Fc1c(Cl)nc(-c2ccc(F)c3ccccc23)nc1Cl. The molecule has 2 nitrogen and oxygen atoms in total. The van der Waals surface area contributed by atoms with Crippen LogP contribution in [0.2, 0.25) is 10.3 Å². The predicted octanol–water partition coefficient (Wildman–Crippen LogP) is 4.88. The molecule has 3 aromatic rings. The van der Waals surface area contributed by atoms with Crippen LogP contribution in [0, 0.1) is 11.6 Å². The third-order valence-electron chi connectivity index (χ3n) is 2.88. The molecule has 6 heteroatoms. The predicted molar refractivity (Wildman–Crippen MR) is 74.9 cm³/mol. The first kappa shape index (κ1) is 13.2. The van der Waals surface area contributed by atoms with Crippen LogP contribution in [0.1, 0.15) is 0 Å². The van der Waals surface area contributed by atoms with Crippen molar-refractivity contribution in [2.24, 2.45) is 0 Å². The van der Waals surface area contributed by atoms with Gasteiger partial charge in [-0.25, -0.2) is 18.7 Å². The van der Waals surface area contributed by atoms with Crippen molar-refractivity contribution in [3.05, 3.63) is 58.3 Å². The van der Waals surface area contributed by atoms with Gasteiger partial charge in [-0.1, -0.05) is 47.5 Å². The molecule has 0 spiro atoms. The largest absolute Gasteiger partial charge is 0.213 e. The van der Waals surface area contributed by atoms with Crippen molar-refractivity contribution in [2.45, 2.75) is 0 Å². The highest BCUT2D eigenvalue weighted by molar-refractivity contribution is 6.33. The van der Waals surface area contributed by atoms with Gasteiger partial charge in [-0.15, -0.1) is 0 Å². The molecule has 3 rings (SSSR count). The topological polar surface area (TPSA) is 25.8 Å². The Morgan fingerprint density at radius 3 is 2.05 bits per heavy atom. The van der Waals surface area contributed by atoms with E-state index in [4.69, 9.17) is 23.2 Å². The molecule has 0 saturated carbocycles. The van der Waals surface area contributed by atoms with E-state index in [9.17, 15) is 8.78 Å². The third kappa shape index (κ3) is 2.11. The first-order valence-electron chi connectivity index (χ1n) is 5.64. The van der Waals surface area contributed by atoms with Gasteiger partial charge >= 0.3 is 0 Å². The van der Waals surface area contributed by atoms with Gasteiger partial charge in [0.2, 0.25) is 0 Å². The second kappa shape index (κ2) is 4.96. The Morgan fingerprint density at radius 2 is 1.40 bits per heavy atom. The van der Waals surface area contributed by atoms with Gasteiger partial charge in [0.05, 0.1) is 0 Å². The average Bonchev–Trinajstić information content (AvgIpc) is 2.45. The van der Waals surface area contributed by atoms with Gasteiger partial charge < -0.3 is 0 Å². The van der Waals surface area contributed by atoms with E-state index >= 15 is 0 Å². The van der Waals surface area contributed by atoms with Crippen LogP contribution in [0.5, 0.6) is 0 Å². The molecule has 0 bridgehead atoms. The van der Waals surface area contributed by atoms with E-state index < -0.39 is 5.82 Å². The Bertz CT molecular complexity index is 798. The summed E-state index contributed by atoms with van der Waals surface area (Å²) >= 11 is 11.3. The van der Waals surface area contributed by atoms with Gasteiger partial charge in [-0.3, -0.25) is 0 Å². The first-order valence-corrected chi connectivity index (χ1v) is 6.39. The molecule has 0 aliphatic heterocycles. The lowest BCUT2D eigenvalue weighted by molar-refractivity contribution is 0.615. The Kier molecular flexibility index (Phi) is 3.28. The number of rotatable bonds is 1. The summed E-state index contributed by atoms with van der Waals surface area (Å²) in [5.41, 5.74) is 0.533. The fourth-order valence-electron chi connectivity index (χ4n) is 1.97. The molecular weight excluding hydrogens is 305 g/mol. The van der Waals surface area contributed by atoms with Crippen LogP contribution in [0.3, 0.4) is 0 Å². The van der Waals surface area contributed by atoms with E-state index in [0.29, 0.717) is 16.3 Å². The Labute approximate surface area is 123 Å². The number of halogens is 4. The van der Waals surface area contributed by atoms with Gasteiger partial charge in [0.1, 0.15) is 5.82 Å². The molecule has 0 aliphatic rings. The molecular formula is C14H6Cl2F2N2. The molecule has 20 heavy (non-hydrogen) atoms. The van der Waals surface area contributed by atoms with Crippen molar-refractivity contribution in [2.75, 3.05) is 0 Å². The minimum atomic E-state index is -0.872. The molecule has 0 atom stereocenters. The van der Waals surface area contributed by atoms with Crippen molar-refractivity contribution in [3.8, 4) is 11.4 Å². The van der Waals surface area contributed by atoms with E-state index in [-0.39, 0.29) is 21.9 Å². The van der Waals surface area contributed by atoms with Crippen molar-refractivity contribution >= 4 is 34.0 Å². The van der Waals surface area contributed by atoms with E-state index in [1.54, 1.807) is 24.3 Å². The fourth-order valence-corrected chi connectivity index (χ4v) is 2.36. The summed E-state index contributed by atoms with van der Waals surface area (Å²) in [6.45, 7) is 0. The van der Waals surface area contributed by atoms with Crippen LogP contribution in [0.4, 0.5) is 8.78 Å². The molecule has 0 amide bonds. The van der Waals surface area contributed by atoms with Crippen molar-refractivity contribution in [1.29, 1.82) is 0 Å². The molecule has 0 aliphatic carbocycles. The smallest absolute Gasteiger partial charge is 0.197 e. The van der Waals surface area contributed by atoms with Gasteiger partial charge in [0.25, 0.3) is 0 Å². The average molecular weight is 311 g/mol. The number of benzene rings is 2. The fraction of sp³-hybridized carbons (Fsp3) is 0. The summed E-state index contributed by atoms with van der Waals surface area (Å²) < 4.78 is 27.1. The van der Waals surface area contributed by atoms with Crippen molar-refractivity contribution < 1.29 is 8.78 Å². The Balaban J connectivity index is 2.33. The maximum Gasteiger partial charge on any atom is 0.197 e. The zero-order chi connectivity index (χ0) is 14.3. The lowest BCUT2D eigenvalue weighted by Crippen LogP contribution is -1.96. The minimum absolute atomic E-state index is 0.151. The maximum absolute atomic E-state index is 13.8. The normalized spacial score (nSPS) is 11.0. The summed E-state index contributed by atoms with van der Waals surface area (Å²) in [5, 5.41) is 0.290. The number of hydrogen-bond donors (Lipinski definition) is 0. The van der Waals surface area contributed by atoms with Crippen molar-refractivity contribution in [1.82, 2.24) is 9.97 Å². The molecule has 1 heterocycles. The first-order chi connectivity index (χ1) is 9.58. The molecule has 0 unspecified atom stereocenters. The van der Waals surface area contributed by atoms with E-state index in [2.05, 4.69) is 9.97 Å². The molecule has 100 valence electrons. The third-order valence-corrected chi connectivity index (χ3v) is 3.38. The standard InChI is InChI=1S/C14H6Cl2F2N2/c15-12-11(18)13(16)20-14(19-12)9-5-6-10(17)8-4-2-1-3-7(8)9/h1-6H. The minimum Gasteiger partial charge on any atom is -0.213 e. The number of hydrogen-bond acceptors (Lipinski definition) is 2. The van der Waals surface area contributed by atoms with Gasteiger partial charge in [0, 0.05) is 10.9 Å². The summed E-state index contributed by atoms with van der Waals surface area (Å²) in [4.78, 5) is 7.71. The van der Waals surface area contributed by atoms with Crippen LogP contribution in [-0.2, 0) is 0 Å². The zero-order valence-electron chi connectivity index (χ0n) is 9.87. The highest BCUT2D eigenvalue weighted by Crippen LogP contribution is 2.30. The van der Waals surface area contributed by atoms with E-state index in [0.717, 1.165) is 0 Å². The molecule has 2 aromatic carbocycles. The van der Waals surface area contributed by atoms with Gasteiger partial charge in [-0.2, -0.15) is 0 Å². The van der Waals surface area contributed by atoms with Gasteiger partial charge in [-0.05, 0) is 17.5 Å². The monoisotopic (exact) mass is 310 g/mol. The summed E-state index contributed by atoms with van der Waals surface area (Å²) in [5.74, 6) is -1.08. The lowest BCUT2D eigenvalue weighted by atomic mass is 10.0. The van der Waals surface area contributed by atoms with E-state index in [1.165, 1.54) is 12.1 Å². The number of nitrogens with zero attached hydrogens (tertiary/aromatic N) is 2. The van der Waals surface area contributed by atoms with Crippen molar-refractivity contribution in [3.63, 3.8) is 0 Å². The quantitative estimate of drug-likeness (QED) is 0.598. The molecule has 0 saturated heterocycles. The second-order valence-corrected chi connectivity index (χ2v) is 4.80. The summed E-state index contributed by atoms with van der Waals surface area (Å²) in [6.07, 6.45) is 0. The van der Waals surface area contributed by atoms with Crippen LogP contribution < -0.4 is 0 Å². The van der Waals surface area contributed by atoms with Crippen LogP contribution in [-0.4, -0.2) is 9.97 Å². The zero-order valence-corrected chi connectivity index (χ0v) is 11.4. The highest BCUT2D eigenvalue weighted by atomic mass is 35.5.